The molecule has 1 amide bonds. The van der Waals surface area contributed by atoms with E-state index >= 15 is 0 Å². The minimum atomic E-state index is -2.05. The average molecular weight is 917 g/mol. The second-order valence-corrected chi connectivity index (χ2v) is 17.2. The third kappa shape index (κ3) is 11.4. The van der Waals surface area contributed by atoms with Gasteiger partial charge in [0.15, 0.2) is 0 Å². The number of likely N-dealkylation sites (tertiary alicyclic amines) is 1. The molecule has 0 spiro atoms. The fourth-order valence-electron chi connectivity index (χ4n) is 8.59. The first kappa shape index (κ1) is 47.2. The SMILES string of the molecule is COc1cc(CNC[C@H](O)c2ccc(O)c3[nH]c(=O)ccc23)ccc1C(=O)NCc1ccc(COc2cccc(C(O)(C(=O)OCC3CCN(Cc4ccccc4)CC3)c3ccccc3)c2)cc1. The summed E-state index contributed by atoms with van der Waals surface area (Å²) in [5.41, 5.74) is 3.41. The van der Waals surface area contributed by atoms with Gasteiger partial charge in [-0.15, -0.1) is 0 Å². The number of aromatic amines is 1. The van der Waals surface area contributed by atoms with E-state index in [0.717, 1.165) is 49.2 Å². The molecule has 1 fully saturated rings. The zero-order chi connectivity index (χ0) is 47.5. The maximum atomic E-state index is 13.9. The van der Waals surface area contributed by atoms with Gasteiger partial charge in [0.2, 0.25) is 11.2 Å². The van der Waals surface area contributed by atoms with Gasteiger partial charge in [0, 0.05) is 43.2 Å². The number of ether oxygens (including phenoxy) is 3. The Bertz CT molecular complexity index is 2870. The number of carbonyl (C=O) groups excluding carboxylic acids is 2. The predicted molar refractivity (Wildman–Crippen MR) is 259 cm³/mol. The van der Waals surface area contributed by atoms with Crippen molar-refractivity contribution in [2.75, 3.05) is 33.4 Å². The van der Waals surface area contributed by atoms with Crippen LogP contribution in [0.5, 0.6) is 17.2 Å². The Balaban J connectivity index is 0.820. The quantitative estimate of drug-likeness (QED) is 0.0449. The molecule has 6 N–H and O–H groups in total. The Morgan fingerprint density at radius 1 is 0.779 bits per heavy atom. The van der Waals surface area contributed by atoms with Crippen LogP contribution in [0.4, 0.5) is 0 Å². The van der Waals surface area contributed by atoms with Crippen LogP contribution in [-0.2, 0) is 41.4 Å². The van der Waals surface area contributed by atoms with E-state index in [1.54, 1.807) is 72.8 Å². The minimum absolute atomic E-state index is 0.0771. The maximum absolute atomic E-state index is 13.9. The van der Waals surface area contributed by atoms with E-state index < -0.39 is 17.7 Å². The second-order valence-electron chi connectivity index (χ2n) is 17.2. The van der Waals surface area contributed by atoms with Crippen molar-refractivity contribution in [2.45, 2.75) is 50.8 Å². The molecule has 13 heteroatoms. The number of phenols is 1. The number of benzene rings is 6. The van der Waals surface area contributed by atoms with Crippen LogP contribution in [0.15, 0.2) is 156 Å². The summed E-state index contributed by atoms with van der Waals surface area (Å²) in [5, 5.41) is 40.1. The van der Waals surface area contributed by atoms with Gasteiger partial charge in [-0.25, -0.2) is 4.79 Å². The number of hydrogen-bond acceptors (Lipinski definition) is 11. The summed E-state index contributed by atoms with van der Waals surface area (Å²) in [6, 6.07) is 45.1. The monoisotopic (exact) mass is 916 g/mol. The minimum Gasteiger partial charge on any atom is -0.506 e. The number of H-pyrrole nitrogens is 1. The largest absolute Gasteiger partial charge is 0.506 e. The van der Waals surface area contributed by atoms with E-state index in [-0.39, 0.29) is 55.0 Å². The van der Waals surface area contributed by atoms with Crippen molar-refractivity contribution in [3.05, 3.63) is 207 Å². The molecule has 68 heavy (non-hydrogen) atoms. The van der Waals surface area contributed by atoms with Gasteiger partial charge in [0.25, 0.3) is 5.91 Å². The molecule has 1 aromatic heterocycles. The Hall–Kier alpha value is -7.29. The zero-order valence-electron chi connectivity index (χ0n) is 37.9. The van der Waals surface area contributed by atoms with Gasteiger partial charge < -0.3 is 45.1 Å². The third-order valence-electron chi connectivity index (χ3n) is 12.5. The molecule has 8 rings (SSSR count). The van der Waals surface area contributed by atoms with Crippen molar-refractivity contribution in [3.63, 3.8) is 0 Å². The van der Waals surface area contributed by atoms with E-state index in [1.807, 2.05) is 42.5 Å². The number of rotatable bonds is 19. The van der Waals surface area contributed by atoms with Crippen molar-refractivity contribution in [1.82, 2.24) is 20.5 Å². The van der Waals surface area contributed by atoms with Crippen LogP contribution in [0.2, 0.25) is 0 Å². The summed E-state index contributed by atoms with van der Waals surface area (Å²) in [6.07, 6.45) is 0.882. The number of fused-ring (bicyclic) bond motifs is 1. The number of methoxy groups -OCH3 is 1. The molecule has 1 unspecified atom stereocenters. The maximum Gasteiger partial charge on any atom is 0.347 e. The summed E-state index contributed by atoms with van der Waals surface area (Å²) in [5.74, 6) is -0.0334. The van der Waals surface area contributed by atoms with E-state index in [0.29, 0.717) is 45.7 Å². The van der Waals surface area contributed by atoms with Crippen molar-refractivity contribution < 1.29 is 39.1 Å². The number of phenolic OH excluding ortho intramolecular Hbond substituents is 1. The molecule has 2 atom stereocenters. The number of aromatic hydroxyl groups is 1. The number of aromatic nitrogens is 1. The fraction of sp³-hybridized carbons (Fsp3) is 0.255. The standard InChI is InChI=1S/C55H56N4O9/c1-66-50-29-41(31-56-33-49(61)45-21-23-48(60)52-46(45)22-24-51(62)58-52)19-20-47(50)53(63)57-32-37-15-17-39(18-16-37)35-67-44-14-8-13-43(30-44)55(65,42-11-6-3-7-12-42)54(64)68-36-40-25-27-59(28-26-40)34-38-9-4-2-5-10-38/h2-24,29-30,40,49,56,60-61,65H,25-28,31-36H2,1H3,(H,57,63)(H,58,62)/t49-,55?/m0/s1. The second kappa shape index (κ2) is 22.0. The molecule has 1 aliphatic rings. The highest BCUT2D eigenvalue weighted by Crippen LogP contribution is 2.34. The van der Waals surface area contributed by atoms with Gasteiger partial charge in [-0.1, -0.05) is 109 Å². The molecule has 0 bridgehead atoms. The number of nitrogens with zero attached hydrogens (tertiary/aromatic N) is 1. The zero-order valence-corrected chi connectivity index (χ0v) is 37.9. The average Bonchev–Trinajstić information content (AvgIpc) is 3.37. The van der Waals surface area contributed by atoms with Crippen LogP contribution in [0.1, 0.15) is 68.2 Å². The molecular formula is C55H56N4O9. The lowest BCUT2D eigenvalue weighted by Gasteiger charge is -2.33. The number of aliphatic hydroxyl groups excluding tert-OH is 1. The molecule has 0 radical (unpaired) electrons. The Morgan fingerprint density at radius 3 is 2.24 bits per heavy atom. The molecule has 0 aliphatic carbocycles. The predicted octanol–water partition coefficient (Wildman–Crippen LogP) is 7.27. The van der Waals surface area contributed by atoms with Crippen LogP contribution in [0.3, 0.4) is 0 Å². The van der Waals surface area contributed by atoms with Gasteiger partial charge in [-0.3, -0.25) is 14.5 Å². The lowest BCUT2D eigenvalue weighted by atomic mass is 9.86. The smallest absolute Gasteiger partial charge is 0.347 e. The van der Waals surface area contributed by atoms with E-state index in [4.69, 9.17) is 14.2 Å². The third-order valence-corrected chi connectivity index (χ3v) is 12.5. The Kier molecular flexibility index (Phi) is 15.3. The van der Waals surface area contributed by atoms with E-state index in [1.165, 1.54) is 24.8 Å². The lowest BCUT2D eigenvalue weighted by Crippen LogP contribution is -2.40. The number of hydrogen-bond donors (Lipinski definition) is 6. The van der Waals surface area contributed by atoms with Crippen LogP contribution in [-0.4, -0.2) is 70.4 Å². The first-order valence-corrected chi connectivity index (χ1v) is 22.8. The first-order chi connectivity index (χ1) is 33.1. The van der Waals surface area contributed by atoms with E-state index in [2.05, 4.69) is 44.8 Å². The molecule has 1 saturated heterocycles. The summed E-state index contributed by atoms with van der Waals surface area (Å²) in [6.45, 7) is 4.01. The molecule has 7 aromatic rings. The Labute approximate surface area is 395 Å². The molecule has 6 aromatic carbocycles. The van der Waals surface area contributed by atoms with Gasteiger partial charge in [-0.2, -0.15) is 0 Å². The number of esters is 1. The summed E-state index contributed by atoms with van der Waals surface area (Å²) >= 11 is 0. The number of nitrogens with one attached hydrogen (secondary N) is 3. The molecule has 2 heterocycles. The molecule has 0 saturated carbocycles. The van der Waals surface area contributed by atoms with Gasteiger partial charge in [0.1, 0.15) is 23.9 Å². The highest BCUT2D eigenvalue weighted by atomic mass is 16.6. The number of amides is 1. The van der Waals surface area contributed by atoms with E-state index in [9.17, 15) is 29.7 Å². The van der Waals surface area contributed by atoms with Crippen LogP contribution >= 0.6 is 0 Å². The van der Waals surface area contributed by atoms with Crippen molar-refractivity contribution >= 4 is 22.8 Å². The van der Waals surface area contributed by atoms with Crippen LogP contribution in [0, 0.1) is 5.92 Å². The number of aliphatic hydroxyl groups is 2. The first-order valence-electron chi connectivity index (χ1n) is 22.8. The van der Waals surface area contributed by atoms with Crippen LogP contribution < -0.4 is 25.7 Å². The normalized spacial score (nSPS) is 14.5. The highest BCUT2D eigenvalue weighted by molar-refractivity contribution is 5.97. The summed E-state index contributed by atoms with van der Waals surface area (Å²) < 4.78 is 17.7. The summed E-state index contributed by atoms with van der Waals surface area (Å²) in [7, 11) is 1.50. The summed E-state index contributed by atoms with van der Waals surface area (Å²) in [4.78, 5) is 44.0. The van der Waals surface area contributed by atoms with Gasteiger partial charge in [0.05, 0.1) is 30.9 Å². The fourth-order valence-corrected chi connectivity index (χ4v) is 8.59. The number of carbonyl (C=O) groups is 2. The highest BCUT2D eigenvalue weighted by Gasteiger charge is 2.42. The Morgan fingerprint density at radius 2 is 1.49 bits per heavy atom. The molecule has 350 valence electrons. The van der Waals surface area contributed by atoms with Gasteiger partial charge in [-0.05, 0) is 102 Å². The van der Waals surface area contributed by atoms with Crippen LogP contribution in [0.25, 0.3) is 10.9 Å². The molecular weight excluding hydrogens is 861 g/mol. The molecule has 13 nitrogen and oxygen atoms in total. The molecule has 1 aliphatic heterocycles. The van der Waals surface area contributed by atoms with Crippen molar-refractivity contribution in [2.24, 2.45) is 5.92 Å². The van der Waals surface area contributed by atoms with Crippen molar-refractivity contribution in [1.29, 1.82) is 0 Å². The van der Waals surface area contributed by atoms with Gasteiger partial charge >= 0.3 is 5.97 Å². The number of pyridine rings is 1. The van der Waals surface area contributed by atoms with Crippen molar-refractivity contribution in [3.8, 4) is 17.2 Å². The lowest BCUT2D eigenvalue weighted by molar-refractivity contribution is -0.164. The topological polar surface area (TPSA) is 183 Å². The number of piperidine rings is 1.